The number of carbonyl (C=O) groups excluding carboxylic acids is 1. The van der Waals surface area contributed by atoms with Crippen LogP contribution in [0.4, 0.5) is 13.2 Å². The molecule has 0 heterocycles. The van der Waals surface area contributed by atoms with Crippen LogP contribution in [-0.2, 0) is 9.53 Å². The molecule has 0 fully saturated rings. The fraction of sp³-hybridized carbons (Fsp3) is 0.875. The van der Waals surface area contributed by atoms with Crippen LogP contribution in [0.3, 0.4) is 0 Å². The van der Waals surface area contributed by atoms with Gasteiger partial charge in [-0.25, -0.2) is 0 Å². The molecule has 6 heteroatoms. The molecular formula is C8H13F3O2S. The van der Waals surface area contributed by atoms with Gasteiger partial charge in [-0.1, -0.05) is 0 Å². The lowest BCUT2D eigenvalue weighted by Crippen LogP contribution is -2.09. The number of hydrogen-bond acceptors (Lipinski definition) is 3. The summed E-state index contributed by atoms with van der Waals surface area (Å²) in [7, 11) is 0. The lowest BCUT2D eigenvalue weighted by atomic mass is 10.3. The Hall–Kier alpha value is -0.390. The number of halogens is 3. The number of hydrogen-bond donors (Lipinski definition) is 0. The van der Waals surface area contributed by atoms with E-state index < -0.39 is 12.6 Å². The van der Waals surface area contributed by atoms with Crippen LogP contribution in [0.15, 0.2) is 0 Å². The highest BCUT2D eigenvalue weighted by Gasteiger charge is 2.25. The average Bonchev–Trinajstić information content (AvgIpc) is 2.02. The summed E-state index contributed by atoms with van der Waals surface area (Å²) < 4.78 is 39.6. The van der Waals surface area contributed by atoms with Gasteiger partial charge < -0.3 is 4.74 Å². The molecule has 0 radical (unpaired) electrons. The van der Waals surface area contributed by atoms with Crippen LogP contribution < -0.4 is 0 Å². The van der Waals surface area contributed by atoms with Gasteiger partial charge >= 0.3 is 12.1 Å². The second-order valence-electron chi connectivity index (χ2n) is 2.58. The summed E-state index contributed by atoms with van der Waals surface area (Å²) in [5.41, 5.74) is 0. The van der Waals surface area contributed by atoms with Crippen LogP contribution in [0.5, 0.6) is 0 Å². The van der Waals surface area contributed by atoms with Crippen molar-refractivity contribution in [2.45, 2.75) is 25.9 Å². The van der Waals surface area contributed by atoms with Gasteiger partial charge in [0.2, 0.25) is 0 Å². The van der Waals surface area contributed by atoms with Gasteiger partial charge in [-0.2, -0.15) is 24.9 Å². The summed E-state index contributed by atoms with van der Waals surface area (Å²) >= 11 is 1.17. The van der Waals surface area contributed by atoms with Crippen LogP contribution in [0.25, 0.3) is 0 Å². The number of ether oxygens (including phenoxy) is 1. The number of thioether (sulfide) groups is 1. The van der Waals surface area contributed by atoms with Crippen molar-refractivity contribution >= 4 is 17.7 Å². The minimum Gasteiger partial charge on any atom is -0.465 e. The predicted octanol–water partition coefficient (Wildman–Crippen LogP) is 2.63. The molecule has 0 amide bonds. The maximum absolute atomic E-state index is 11.7. The molecule has 14 heavy (non-hydrogen) atoms. The molecule has 2 nitrogen and oxygen atoms in total. The van der Waals surface area contributed by atoms with Gasteiger partial charge in [0.15, 0.2) is 0 Å². The third kappa shape index (κ3) is 9.70. The van der Waals surface area contributed by atoms with E-state index in [2.05, 4.69) is 4.74 Å². The summed E-state index contributed by atoms with van der Waals surface area (Å²) in [5.74, 6) is 0.0915. The predicted molar refractivity (Wildman–Crippen MR) is 49.2 cm³/mol. The minimum absolute atomic E-state index is 0.0492. The van der Waals surface area contributed by atoms with Crippen molar-refractivity contribution in [2.75, 3.05) is 18.1 Å². The summed E-state index contributed by atoms with van der Waals surface area (Å²) in [6.07, 6.45) is -4.83. The van der Waals surface area contributed by atoms with Crippen LogP contribution in [0, 0.1) is 0 Å². The standard InChI is InChI=1S/C8H13F3O2S/c1-2-13-7(12)6-14-5-3-4-8(9,10)11/h2-6H2,1H3. The average molecular weight is 230 g/mol. The van der Waals surface area contributed by atoms with Gasteiger partial charge in [0, 0.05) is 6.42 Å². The quantitative estimate of drug-likeness (QED) is 0.518. The normalized spacial score (nSPS) is 11.4. The van der Waals surface area contributed by atoms with Gasteiger partial charge in [0.25, 0.3) is 0 Å². The molecule has 0 aliphatic carbocycles. The van der Waals surface area contributed by atoms with Gasteiger partial charge in [-0.05, 0) is 19.1 Å². The van der Waals surface area contributed by atoms with Crippen molar-refractivity contribution in [3.05, 3.63) is 0 Å². The summed E-state index contributed by atoms with van der Waals surface area (Å²) in [4.78, 5) is 10.7. The molecule has 0 saturated carbocycles. The van der Waals surface area contributed by atoms with E-state index in [1.165, 1.54) is 11.8 Å². The number of rotatable bonds is 6. The van der Waals surface area contributed by atoms with Crippen molar-refractivity contribution in [2.24, 2.45) is 0 Å². The highest BCUT2D eigenvalue weighted by Crippen LogP contribution is 2.22. The second-order valence-corrected chi connectivity index (χ2v) is 3.68. The van der Waals surface area contributed by atoms with Crippen molar-refractivity contribution < 1.29 is 22.7 Å². The van der Waals surface area contributed by atoms with Gasteiger partial charge in [0.1, 0.15) is 0 Å². The van der Waals surface area contributed by atoms with Crippen LogP contribution in [-0.4, -0.2) is 30.3 Å². The monoisotopic (exact) mass is 230 g/mol. The van der Waals surface area contributed by atoms with Crippen molar-refractivity contribution in [3.63, 3.8) is 0 Å². The van der Waals surface area contributed by atoms with E-state index in [1.54, 1.807) is 6.92 Å². The molecule has 0 aliphatic heterocycles. The first-order valence-corrected chi connectivity index (χ1v) is 5.41. The van der Waals surface area contributed by atoms with E-state index in [9.17, 15) is 18.0 Å². The number of alkyl halides is 3. The van der Waals surface area contributed by atoms with Crippen LogP contribution in [0.1, 0.15) is 19.8 Å². The molecule has 0 atom stereocenters. The Kier molecular flexibility index (Phi) is 6.78. The van der Waals surface area contributed by atoms with Crippen LogP contribution >= 0.6 is 11.8 Å². The Labute approximate surface area is 85.2 Å². The minimum atomic E-state index is -4.09. The fourth-order valence-corrected chi connectivity index (χ4v) is 1.48. The molecule has 0 rings (SSSR count). The zero-order valence-corrected chi connectivity index (χ0v) is 8.71. The zero-order valence-electron chi connectivity index (χ0n) is 7.89. The Morgan fingerprint density at radius 1 is 1.43 bits per heavy atom. The van der Waals surface area contributed by atoms with E-state index >= 15 is 0 Å². The molecule has 0 spiro atoms. The zero-order chi connectivity index (χ0) is 11.0. The number of esters is 1. The van der Waals surface area contributed by atoms with E-state index in [0.717, 1.165) is 0 Å². The van der Waals surface area contributed by atoms with Gasteiger partial charge in [0.05, 0.1) is 12.4 Å². The smallest absolute Gasteiger partial charge is 0.389 e. The third-order valence-corrected chi connectivity index (χ3v) is 2.29. The van der Waals surface area contributed by atoms with E-state index in [-0.39, 0.29) is 18.1 Å². The second kappa shape index (κ2) is 6.98. The highest BCUT2D eigenvalue weighted by atomic mass is 32.2. The molecule has 0 bridgehead atoms. The maximum Gasteiger partial charge on any atom is 0.389 e. The van der Waals surface area contributed by atoms with Crippen molar-refractivity contribution in [3.8, 4) is 0 Å². The molecule has 0 unspecified atom stereocenters. The first kappa shape index (κ1) is 13.6. The van der Waals surface area contributed by atoms with Crippen molar-refractivity contribution in [1.82, 2.24) is 0 Å². The Morgan fingerprint density at radius 2 is 2.07 bits per heavy atom. The topological polar surface area (TPSA) is 26.3 Å². The molecular weight excluding hydrogens is 217 g/mol. The lowest BCUT2D eigenvalue weighted by molar-refractivity contribution is -0.139. The Balaban J connectivity index is 3.26. The first-order valence-electron chi connectivity index (χ1n) is 4.26. The Morgan fingerprint density at radius 3 is 2.57 bits per heavy atom. The van der Waals surface area contributed by atoms with Crippen LogP contribution in [0.2, 0.25) is 0 Å². The molecule has 0 N–H and O–H groups in total. The summed E-state index contributed by atoms with van der Waals surface area (Å²) in [6.45, 7) is 1.99. The first-order chi connectivity index (χ1) is 6.45. The van der Waals surface area contributed by atoms with E-state index in [4.69, 9.17) is 0 Å². The SMILES string of the molecule is CCOC(=O)CSCCCC(F)(F)F. The Bertz CT molecular complexity index is 170. The summed E-state index contributed by atoms with van der Waals surface area (Å²) in [6, 6.07) is 0. The van der Waals surface area contributed by atoms with Crippen molar-refractivity contribution in [1.29, 1.82) is 0 Å². The fourth-order valence-electron chi connectivity index (χ4n) is 0.733. The van der Waals surface area contributed by atoms with E-state index in [0.29, 0.717) is 12.4 Å². The maximum atomic E-state index is 11.7. The molecule has 84 valence electrons. The van der Waals surface area contributed by atoms with E-state index in [1.807, 2.05) is 0 Å². The highest BCUT2D eigenvalue weighted by molar-refractivity contribution is 7.99. The lowest BCUT2D eigenvalue weighted by Gasteiger charge is -2.05. The van der Waals surface area contributed by atoms with Gasteiger partial charge in [-0.3, -0.25) is 4.79 Å². The summed E-state index contributed by atoms with van der Waals surface area (Å²) in [5, 5.41) is 0. The third-order valence-electron chi connectivity index (χ3n) is 1.27. The van der Waals surface area contributed by atoms with Gasteiger partial charge in [-0.15, -0.1) is 0 Å². The molecule has 0 aromatic heterocycles. The molecule has 0 saturated heterocycles. The molecule has 0 aromatic rings. The number of carbonyl (C=O) groups is 1. The largest absolute Gasteiger partial charge is 0.465 e. The molecule has 0 aromatic carbocycles. The molecule has 0 aliphatic rings.